The second-order valence-corrected chi connectivity index (χ2v) is 6.87. The van der Waals surface area contributed by atoms with Crippen molar-refractivity contribution in [3.8, 4) is 0 Å². The molecule has 0 unspecified atom stereocenters. The molecule has 1 aliphatic carbocycles. The van der Waals surface area contributed by atoms with Crippen molar-refractivity contribution in [2.45, 2.75) is 37.6 Å². The standard InChI is InChI=1S/C10H21NO3S/c1-15(12,13)8-4-7-14-9-10(11)5-2-3-6-10/h2-9,11H2,1H3. The number of ether oxygens (including phenoxy) is 1. The van der Waals surface area contributed by atoms with Crippen molar-refractivity contribution in [1.29, 1.82) is 0 Å². The van der Waals surface area contributed by atoms with Gasteiger partial charge in [0.25, 0.3) is 0 Å². The third-order valence-corrected chi connectivity index (χ3v) is 3.82. The van der Waals surface area contributed by atoms with E-state index in [9.17, 15) is 8.42 Å². The van der Waals surface area contributed by atoms with E-state index in [1.54, 1.807) is 0 Å². The molecule has 4 nitrogen and oxygen atoms in total. The molecule has 2 N–H and O–H groups in total. The molecular weight excluding hydrogens is 214 g/mol. The SMILES string of the molecule is CS(=O)(=O)CCCOCC1(N)CCCC1. The molecule has 0 aromatic heterocycles. The van der Waals surface area contributed by atoms with Crippen LogP contribution in [0.25, 0.3) is 0 Å². The first kappa shape index (κ1) is 12.9. The zero-order valence-corrected chi connectivity index (χ0v) is 10.2. The van der Waals surface area contributed by atoms with E-state index in [0.717, 1.165) is 12.8 Å². The van der Waals surface area contributed by atoms with Crippen LogP contribution in [0.1, 0.15) is 32.1 Å². The van der Waals surface area contributed by atoms with Gasteiger partial charge >= 0.3 is 0 Å². The van der Waals surface area contributed by atoms with Crippen LogP contribution in [0.2, 0.25) is 0 Å². The van der Waals surface area contributed by atoms with E-state index in [1.165, 1.54) is 19.1 Å². The van der Waals surface area contributed by atoms with Crippen LogP contribution in [0.5, 0.6) is 0 Å². The van der Waals surface area contributed by atoms with Crippen LogP contribution in [-0.4, -0.2) is 39.2 Å². The van der Waals surface area contributed by atoms with Gasteiger partial charge < -0.3 is 10.5 Å². The summed E-state index contributed by atoms with van der Waals surface area (Å²) in [6.45, 7) is 1.06. The molecule has 90 valence electrons. The molecule has 1 saturated carbocycles. The Kier molecular flexibility index (Phi) is 4.55. The van der Waals surface area contributed by atoms with Gasteiger partial charge in [0.15, 0.2) is 0 Å². The average Bonchev–Trinajstić information content (AvgIpc) is 2.50. The fourth-order valence-corrected chi connectivity index (χ4v) is 2.56. The van der Waals surface area contributed by atoms with E-state index in [2.05, 4.69) is 0 Å². The maximum atomic E-state index is 10.8. The summed E-state index contributed by atoms with van der Waals surface area (Å²) in [6.07, 6.45) is 6.23. The highest BCUT2D eigenvalue weighted by Gasteiger charge is 2.29. The van der Waals surface area contributed by atoms with E-state index in [4.69, 9.17) is 10.5 Å². The molecule has 0 atom stereocenters. The second-order valence-electron chi connectivity index (χ2n) is 4.61. The van der Waals surface area contributed by atoms with E-state index in [0.29, 0.717) is 19.6 Å². The first-order chi connectivity index (χ1) is 6.91. The fraction of sp³-hybridized carbons (Fsp3) is 1.00. The van der Waals surface area contributed by atoms with Crippen molar-refractivity contribution in [3.05, 3.63) is 0 Å². The summed E-state index contributed by atoms with van der Waals surface area (Å²) in [4.78, 5) is 0. The van der Waals surface area contributed by atoms with E-state index in [1.807, 2.05) is 0 Å². The van der Waals surface area contributed by atoms with Gasteiger partial charge in [0.2, 0.25) is 0 Å². The molecule has 0 bridgehead atoms. The average molecular weight is 235 g/mol. The Hall–Kier alpha value is -0.130. The predicted molar refractivity (Wildman–Crippen MR) is 60.5 cm³/mol. The summed E-state index contributed by atoms with van der Waals surface area (Å²) in [7, 11) is -2.85. The predicted octanol–water partition coefficient (Wildman–Crippen LogP) is 0.709. The van der Waals surface area contributed by atoms with Gasteiger partial charge in [-0.25, -0.2) is 8.42 Å². The van der Waals surface area contributed by atoms with Crippen LogP contribution in [0.15, 0.2) is 0 Å². The zero-order valence-electron chi connectivity index (χ0n) is 9.37. The highest BCUT2D eigenvalue weighted by Crippen LogP contribution is 2.27. The Morgan fingerprint density at radius 1 is 1.33 bits per heavy atom. The summed E-state index contributed by atoms with van der Waals surface area (Å²) in [6, 6.07) is 0. The van der Waals surface area contributed by atoms with Crippen molar-refractivity contribution in [2.24, 2.45) is 5.73 Å². The zero-order chi connectivity index (χ0) is 11.4. The van der Waals surface area contributed by atoms with Crippen LogP contribution >= 0.6 is 0 Å². The fourth-order valence-electron chi connectivity index (χ4n) is 1.92. The Bertz CT molecular complexity index is 281. The minimum absolute atomic E-state index is 0.148. The lowest BCUT2D eigenvalue weighted by atomic mass is 10.0. The topological polar surface area (TPSA) is 69.4 Å². The smallest absolute Gasteiger partial charge is 0.147 e. The van der Waals surface area contributed by atoms with Crippen LogP contribution in [0, 0.1) is 0 Å². The molecule has 0 amide bonds. The van der Waals surface area contributed by atoms with Crippen molar-refractivity contribution in [1.82, 2.24) is 0 Å². The monoisotopic (exact) mass is 235 g/mol. The second kappa shape index (κ2) is 5.27. The lowest BCUT2D eigenvalue weighted by Crippen LogP contribution is -2.41. The van der Waals surface area contributed by atoms with Gasteiger partial charge in [-0.2, -0.15) is 0 Å². The first-order valence-electron chi connectivity index (χ1n) is 5.46. The molecule has 15 heavy (non-hydrogen) atoms. The molecule has 1 rings (SSSR count). The Balaban J connectivity index is 2.06. The van der Waals surface area contributed by atoms with Gasteiger partial charge in [-0.15, -0.1) is 0 Å². The number of hydrogen-bond acceptors (Lipinski definition) is 4. The molecule has 0 aliphatic heterocycles. The molecule has 1 fully saturated rings. The Labute approximate surface area is 92.1 Å². The summed E-state index contributed by atoms with van der Waals surface area (Å²) in [5, 5.41) is 0. The molecule has 0 spiro atoms. The largest absolute Gasteiger partial charge is 0.380 e. The minimum atomic E-state index is -2.85. The molecule has 0 radical (unpaired) electrons. The molecular formula is C10H21NO3S. The van der Waals surface area contributed by atoms with Gasteiger partial charge in [-0.05, 0) is 19.3 Å². The van der Waals surface area contributed by atoms with Crippen molar-refractivity contribution < 1.29 is 13.2 Å². The van der Waals surface area contributed by atoms with Gasteiger partial charge in [0.05, 0.1) is 12.4 Å². The molecule has 0 aromatic rings. The van der Waals surface area contributed by atoms with Crippen LogP contribution in [-0.2, 0) is 14.6 Å². The number of hydrogen-bond donors (Lipinski definition) is 1. The lowest BCUT2D eigenvalue weighted by Gasteiger charge is -2.22. The maximum Gasteiger partial charge on any atom is 0.147 e. The van der Waals surface area contributed by atoms with Crippen molar-refractivity contribution in [3.63, 3.8) is 0 Å². The van der Waals surface area contributed by atoms with Crippen LogP contribution in [0.3, 0.4) is 0 Å². The van der Waals surface area contributed by atoms with Gasteiger partial charge in [-0.3, -0.25) is 0 Å². The quantitative estimate of drug-likeness (QED) is 0.688. The summed E-state index contributed by atoms with van der Waals surface area (Å²) in [5.74, 6) is 0.199. The Morgan fingerprint density at radius 2 is 1.93 bits per heavy atom. The first-order valence-corrected chi connectivity index (χ1v) is 7.52. The summed E-state index contributed by atoms with van der Waals surface area (Å²) in [5.41, 5.74) is 5.94. The Morgan fingerprint density at radius 3 is 2.47 bits per heavy atom. The van der Waals surface area contributed by atoms with Crippen LogP contribution in [0.4, 0.5) is 0 Å². The highest BCUT2D eigenvalue weighted by atomic mass is 32.2. The van der Waals surface area contributed by atoms with Crippen molar-refractivity contribution in [2.75, 3.05) is 25.2 Å². The molecule has 0 heterocycles. The van der Waals surface area contributed by atoms with Crippen molar-refractivity contribution >= 4 is 9.84 Å². The maximum absolute atomic E-state index is 10.8. The summed E-state index contributed by atoms with van der Waals surface area (Å²) < 4.78 is 27.1. The normalized spacial score (nSPS) is 20.7. The van der Waals surface area contributed by atoms with Gasteiger partial charge in [-0.1, -0.05) is 12.8 Å². The third-order valence-electron chi connectivity index (χ3n) is 2.79. The van der Waals surface area contributed by atoms with E-state index >= 15 is 0 Å². The molecule has 0 aromatic carbocycles. The number of rotatable bonds is 6. The highest BCUT2D eigenvalue weighted by molar-refractivity contribution is 7.90. The number of nitrogens with two attached hydrogens (primary N) is 1. The lowest BCUT2D eigenvalue weighted by molar-refractivity contribution is 0.0876. The molecule has 1 aliphatic rings. The van der Waals surface area contributed by atoms with E-state index in [-0.39, 0.29) is 11.3 Å². The van der Waals surface area contributed by atoms with E-state index < -0.39 is 9.84 Å². The third kappa shape index (κ3) is 5.49. The van der Waals surface area contributed by atoms with Crippen LogP contribution < -0.4 is 5.73 Å². The minimum Gasteiger partial charge on any atom is -0.380 e. The van der Waals surface area contributed by atoms with Gasteiger partial charge in [0.1, 0.15) is 9.84 Å². The number of sulfone groups is 1. The molecule has 0 saturated heterocycles. The summed E-state index contributed by atoms with van der Waals surface area (Å²) >= 11 is 0. The van der Waals surface area contributed by atoms with Gasteiger partial charge in [0, 0.05) is 18.4 Å². The molecule has 5 heteroatoms.